The molecule has 2 aromatic carbocycles. The number of nitrogens with one attached hydrogen (secondary N) is 1. The molecule has 4 nitrogen and oxygen atoms in total. The minimum Gasteiger partial charge on any atom is -0.497 e. The summed E-state index contributed by atoms with van der Waals surface area (Å²) in [5.74, 6) is 1.72. The summed E-state index contributed by atoms with van der Waals surface area (Å²) in [6, 6.07) is 12.8. The van der Waals surface area contributed by atoms with Gasteiger partial charge in [0.2, 0.25) is 0 Å². The second-order valence-electron chi connectivity index (χ2n) is 4.62. The molecule has 0 radical (unpaired) electrons. The first-order chi connectivity index (χ1) is 11.1. The van der Waals surface area contributed by atoms with Crippen LogP contribution in [0, 0.1) is 0 Å². The van der Waals surface area contributed by atoms with Gasteiger partial charge in [-0.1, -0.05) is 11.6 Å². The summed E-state index contributed by atoms with van der Waals surface area (Å²) < 4.78 is 10.4. The summed E-state index contributed by atoms with van der Waals surface area (Å²) in [5, 5.41) is 3.60. The zero-order chi connectivity index (χ0) is 16.7. The fraction of sp³-hybridized carbons (Fsp3) is 0.235. The van der Waals surface area contributed by atoms with Gasteiger partial charge in [0.05, 0.1) is 19.8 Å². The van der Waals surface area contributed by atoms with Gasteiger partial charge in [0.25, 0.3) is 5.91 Å². The van der Waals surface area contributed by atoms with Crippen LogP contribution in [0.25, 0.3) is 0 Å². The average Bonchev–Trinajstić information content (AvgIpc) is 2.59. The van der Waals surface area contributed by atoms with Crippen LogP contribution in [0.5, 0.6) is 11.5 Å². The second-order valence-corrected chi connectivity index (χ2v) is 6.23. The van der Waals surface area contributed by atoms with Crippen LogP contribution < -0.4 is 14.8 Å². The fourth-order valence-electron chi connectivity index (χ4n) is 1.95. The Hall–Kier alpha value is -1.85. The highest BCUT2D eigenvalue weighted by Crippen LogP contribution is 2.24. The molecule has 1 amide bonds. The first kappa shape index (κ1) is 17.5. The van der Waals surface area contributed by atoms with Crippen molar-refractivity contribution < 1.29 is 14.3 Å². The Morgan fingerprint density at radius 3 is 2.52 bits per heavy atom. The van der Waals surface area contributed by atoms with Crippen molar-refractivity contribution in [2.24, 2.45) is 0 Å². The minimum atomic E-state index is -0.183. The zero-order valence-corrected chi connectivity index (χ0v) is 14.5. The van der Waals surface area contributed by atoms with Crippen LogP contribution in [0.15, 0.2) is 47.4 Å². The van der Waals surface area contributed by atoms with Crippen molar-refractivity contribution in [2.45, 2.75) is 4.90 Å². The van der Waals surface area contributed by atoms with Gasteiger partial charge in [-0.25, -0.2) is 0 Å². The highest BCUT2D eigenvalue weighted by Gasteiger charge is 2.13. The molecule has 0 fully saturated rings. The number of hydrogen-bond acceptors (Lipinski definition) is 4. The molecule has 0 saturated carbocycles. The number of carbonyl (C=O) groups is 1. The van der Waals surface area contributed by atoms with Gasteiger partial charge in [-0.05, 0) is 42.5 Å². The van der Waals surface area contributed by atoms with E-state index in [0.717, 1.165) is 10.6 Å². The van der Waals surface area contributed by atoms with Gasteiger partial charge in [0, 0.05) is 22.2 Å². The van der Waals surface area contributed by atoms with Crippen LogP contribution >= 0.6 is 23.4 Å². The first-order valence-electron chi connectivity index (χ1n) is 7.02. The molecule has 0 saturated heterocycles. The third-order valence-corrected chi connectivity index (χ3v) is 4.39. The molecule has 23 heavy (non-hydrogen) atoms. The Balaban J connectivity index is 1.88. The van der Waals surface area contributed by atoms with E-state index in [1.165, 1.54) is 7.11 Å². The Bertz CT molecular complexity index is 661. The van der Waals surface area contributed by atoms with Crippen molar-refractivity contribution >= 4 is 29.3 Å². The summed E-state index contributed by atoms with van der Waals surface area (Å²) in [5.41, 5.74) is 0.461. The Labute approximate surface area is 145 Å². The van der Waals surface area contributed by atoms with Crippen LogP contribution in [-0.4, -0.2) is 32.4 Å². The van der Waals surface area contributed by atoms with Crippen LogP contribution in [0.2, 0.25) is 5.02 Å². The lowest BCUT2D eigenvalue weighted by molar-refractivity contribution is 0.0953. The highest BCUT2D eigenvalue weighted by atomic mass is 35.5. The molecule has 0 heterocycles. The minimum absolute atomic E-state index is 0.183. The maximum absolute atomic E-state index is 12.3. The standard InChI is InChI=1S/C17H18ClNO3S/c1-21-13-5-8-16(22-2)15(11-13)17(20)19-9-10-23-14-6-3-12(18)4-7-14/h3-8,11H,9-10H2,1-2H3,(H,19,20). The van der Waals surface area contributed by atoms with E-state index in [4.69, 9.17) is 21.1 Å². The molecule has 2 rings (SSSR count). The molecule has 0 unspecified atom stereocenters. The number of hydrogen-bond donors (Lipinski definition) is 1. The summed E-state index contributed by atoms with van der Waals surface area (Å²) >= 11 is 7.50. The van der Waals surface area contributed by atoms with Crippen LogP contribution in [0.1, 0.15) is 10.4 Å². The molecular weight excluding hydrogens is 334 g/mol. The fourth-order valence-corrected chi connectivity index (χ4v) is 2.85. The van der Waals surface area contributed by atoms with Gasteiger partial charge >= 0.3 is 0 Å². The van der Waals surface area contributed by atoms with Gasteiger partial charge in [-0.2, -0.15) is 0 Å². The third kappa shape index (κ3) is 5.08. The molecule has 0 aliphatic carbocycles. The predicted molar refractivity (Wildman–Crippen MR) is 94.1 cm³/mol. The number of methoxy groups -OCH3 is 2. The summed E-state index contributed by atoms with van der Waals surface area (Å²) in [4.78, 5) is 13.4. The molecule has 0 aliphatic heterocycles. The summed E-state index contributed by atoms with van der Waals surface area (Å²) in [7, 11) is 3.10. The van der Waals surface area contributed by atoms with Crippen LogP contribution in [0.3, 0.4) is 0 Å². The van der Waals surface area contributed by atoms with E-state index >= 15 is 0 Å². The Kier molecular flexibility index (Phi) is 6.62. The quantitative estimate of drug-likeness (QED) is 0.607. The molecule has 1 N–H and O–H groups in total. The molecule has 6 heteroatoms. The van der Waals surface area contributed by atoms with E-state index in [-0.39, 0.29) is 5.91 Å². The topological polar surface area (TPSA) is 47.6 Å². The van der Waals surface area contributed by atoms with Gasteiger partial charge in [-0.15, -0.1) is 11.8 Å². The Morgan fingerprint density at radius 1 is 1.13 bits per heavy atom. The predicted octanol–water partition coefficient (Wildman–Crippen LogP) is 3.88. The summed E-state index contributed by atoms with van der Waals surface area (Å²) in [6.45, 7) is 0.548. The van der Waals surface area contributed by atoms with Crippen molar-refractivity contribution in [3.63, 3.8) is 0 Å². The number of ether oxygens (including phenoxy) is 2. The van der Waals surface area contributed by atoms with Crippen molar-refractivity contribution in [1.29, 1.82) is 0 Å². The lowest BCUT2D eigenvalue weighted by Gasteiger charge is -2.11. The molecular formula is C17H18ClNO3S. The lowest BCUT2D eigenvalue weighted by Crippen LogP contribution is -2.26. The van der Waals surface area contributed by atoms with E-state index in [0.29, 0.717) is 28.6 Å². The highest BCUT2D eigenvalue weighted by molar-refractivity contribution is 7.99. The van der Waals surface area contributed by atoms with Gasteiger partial charge in [-0.3, -0.25) is 4.79 Å². The SMILES string of the molecule is COc1ccc(OC)c(C(=O)NCCSc2ccc(Cl)cc2)c1. The summed E-state index contributed by atoms with van der Waals surface area (Å²) in [6.07, 6.45) is 0. The van der Waals surface area contributed by atoms with Gasteiger partial charge in [0.1, 0.15) is 11.5 Å². The normalized spacial score (nSPS) is 10.2. The maximum Gasteiger partial charge on any atom is 0.255 e. The number of rotatable bonds is 7. The number of halogens is 1. The smallest absolute Gasteiger partial charge is 0.255 e. The van der Waals surface area contributed by atoms with Gasteiger partial charge < -0.3 is 14.8 Å². The molecule has 0 bridgehead atoms. The zero-order valence-electron chi connectivity index (χ0n) is 13.0. The van der Waals surface area contributed by atoms with E-state index in [1.54, 1.807) is 37.1 Å². The number of amides is 1. The van der Waals surface area contributed by atoms with Crippen molar-refractivity contribution in [2.75, 3.05) is 26.5 Å². The lowest BCUT2D eigenvalue weighted by atomic mass is 10.1. The molecule has 0 aliphatic rings. The largest absolute Gasteiger partial charge is 0.497 e. The first-order valence-corrected chi connectivity index (χ1v) is 8.39. The van der Waals surface area contributed by atoms with Crippen molar-refractivity contribution in [3.05, 3.63) is 53.1 Å². The molecule has 0 atom stereocenters. The number of thioether (sulfide) groups is 1. The maximum atomic E-state index is 12.3. The Morgan fingerprint density at radius 2 is 1.87 bits per heavy atom. The van der Waals surface area contributed by atoms with Crippen LogP contribution in [0.4, 0.5) is 0 Å². The van der Waals surface area contributed by atoms with E-state index in [9.17, 15) is 4.79 Å². The average molecular weight is 352 g/mol. The van der Waals surface area contributed by atoms with Crippen molar-refractivity contribution in [3.8, 4) is 11.5 Å². The van der Waals surface area contributed by atoms with E-state index < -0.39 is 0 Å². The van der Waals surface area contributed by atoms with Gasteiger partial charge in [0.15, 0.2) is 0 Å². The third-order valence-electron chi connectivity index (χ3n) is 3.12. The van der Waals surface area contributed by atoms with E-state index in [1.807, 2.05) is 24.3 Å². The van der Waals surface area contributed by atoms with Crippen LogP contribution in [-0.2, 0) is 0 Å². The number of benzene rings is 2. The molecule has 0 aromatic heterocycles. The monoisotopic (exact) mass is 351 g/mol. The second kappa shape index (κ2) is 8.70. The molecule has 2 aromatic rings. The number of carbonyl (C=O) groups excluding carboxylic acids is 1. The molecule has 122 valence electrons. The van der Waals surface area contributed by atoms with Crippen molar-refractivity contribution in [1.82, 2.24) is 5.32 Å². The molecule has 0 spiro atoms. The van der Waals surface area contributed by atoms with E-state index in [2.05, 4.69) is 5.32 Å².